The van der Waals surface area contributed by atoms with E-state index < -0.39 is 18.1 Å². The van der Waals surface area contributed by atoms with Gasteiger partial charge in [0.2, 0.25) is 5.91 Å². The lowest BCUT2D eigenvalue weighted by Crippen LogP contribution is -2.32. The van der Waals surface area contributed by atoms with Gasteiger partial charge in [0.15, 0.2) is 0 Å². The molecule has 0 saturated carbocycles. The average molecular weight is 452 g/mol. The molecule has 8 heteroatoms. The van der Waals surface area contributed by atoms with Gasteiger partial charge in [0, 0.05) is 11.8 Å². The molecule has 0 saturated heterocycles. The van der Waals surface area contributed by atoms with Crippen LogP contribution in [0.3, 0.4) is 0 Å². The molecule has 0 bridgehead atoms. The third-order valence-corrected chi connectivity index (χ3v) is 5.24. The van der Waals surface area contributed by atoms with Crippen LogP contribution >= 0.6 is 0 Å². The van der Waals surface area contributed by atoms with Crippen molar-refractivity contribution in [3.8, 4) is 0 Å². The summed E-state index contributed by atoms with van der Waals surface area (Å²) < 4.78 is 10.7. The van der Waals surface area contributed by atoms with Gasteiger partial charge in [-0.05, 0) is 36.1 Å². The number of rotatable bonds is 9. The number of benzene rings is 2. The molecule has 2 amide bonds. The maximum atomic E-state index is 12.6. The Morgan fingerprint density at radius 2 is 1.73 bits per heavy atom. The van der Waals surface area contributed by atoms with Crippen molar-refractivity contribution in [2.24, 2.45) is 5.92 Å². The number of amides is 2. The number of aromatic nitrogens is 1. The van der Waals surface area contributed by atoms with E-state index in [4.69, 9.17) is 14.4 Å². The van der Waals surface area contributed by atoms with Crippen molar-refractivity contribution in [1.29, 1.82) is 0 Å². The van der Waals surface area contributed by atoms with Gasteiger partial charge in [-0.1, -0.05) is 61.5 Å². The standard InChI is InChI=1S/C25H29N3O5/c1-16(2)23(27-25(31)32-15-19-7-5-4-6-8-19)21-13-22(33-28-21)17(3)24(30)26-20-11-9-18(14-29)10-12-20/h4-13,16-17,23,29H,14-15H2,1-3H3,(H,26,30)(H,27,31)/t17-,23+/m1/s1. The summed E-state index contributed by atoms with van der Waals surface area (Å²) in [5, 5.41) is 18.9. The minimum Gasteiger partial charge on any atom is -0.445 e. The van der Waals surface area contributed by atoms with Crippen molar-refractivity contribution in [3.63, 3.8) is 0 Å². The molecular formula is C25H29N3O5. The van der Waals surface area contributed by atoms with Gasteiger partial charge >= 0.3 is 6.09 Å². The number of ether oxygens (including phenoxy) is 1. The van der Waals surface area contributed by atoms with Crippen LogP contribution in [0.1, 0.15) is 55.3 Å². The summed E-state index contributed by atoms with van der Waals surface area (Å²) >= 11 is 0. The fraction of sp³-hybridized carbons (Fsp3) is 0.320. The van der Waals surface area contributed by atoms with Crippen LogP contribution in [0.2, 0.25) is 0 Å². The van der Waals surface area contributed by atoms with Crippen LogP contribution in [0.25, 0.3) is 0 Å². The first kappa shape index (κ1) is 24.0. The van der Waals surface area contributed by atoms with Crippen LogP contribution < -0.4 is 10.6 Å². The highest BCUT2D eigenvalue weighted by Crippen LogP contribution is 2.26. The molecule has 3 rings (SSSR count). The van der Waals surface area contributed by atoms with Gasteiger partial charge < -0.3 is 25.0 Å². The molecule has 0 spiro atoms. The number of aliphatic hydroxyl groups excluding tert-OH is 1. The molecule has 0 aliphatic carbocycles. The van der Waals surface area contributed by atoms with E-state index in [1.54, 1.807) is 37.3 Å². The fourth-order valence-corrected chi connectivity index (χ4v) is 3.20. The molecule has 174 valence electrons. The predicted octanol–water partition coefficient (Wildman–Crippen LogP) is 4.53. The zero-order valence-corrected chi connectivity index (χ0v) is 18.9. The van der Waals surface area contributed by atoms with E-state index in [0.717, 1.165) is 11.1 Å². The van der Waals surface area contributed by atoms with Crippen LogP contribution in [0.5, 0.6) is 0 Å². The van der Waals surface area contributed by atoms with Crippen molar-refractivity contribution in [2.75, 3.05) is 5.32 Å². The summed E-state index contributed by atoms with van der Waals surface area (Å²) in [6.45, 7) is 5.72. The molecule has 1 aromatic heterocycles. The first-order chi connectivity index (χ1) is 15.9. The molecule has 1 heterocycles. The lowest BCUT2D eigenvalue weighted by molar-refractivity contribution is -0.117. The molecule has 0 fully saturated rings. The number of nitrogens with one attached hydrogen (secondary N) is 2. The second-order valence-corrected chi connectivity index (χ2v) is 8.15. The van der Waals surface area contributed by atoms with E-state index in [0.29, 0.717) is 17.1 Å². The van der Waals surface area contributed by atoms with E-state index in [-0.39, 0.29) is 25.0 Å². The molecule has 33 heavy (non-hydrogen) atoms. The molecular weight excluding hydrogens is 422 g/mol. The Hall–Kier alpha value is -3.65. The van der Waals surface area contributed by atoms with Crippen molar-refractivity contribution in [2.45, 2.75) is 45.9 Å². The van der Waals surface area contributed by atoms with Crippen molar-refractivity contribution < 1.29 is 24.0 Å². The Kier molecular flexibility index (Phi) is 8.21. The van der Waals surface area contributed by atoms with E-state index in [9.17, 15) is 9.59 Å². The van der Waals surface area contributed by atoms with E-state index in [1.165, 1.54) is 0 Å². The van der Waals surface area contributed by atoms with Gasteiger partial charge in [0.25, 0.3) is 0 Å². The zero-order valence-electron chi connectivity index (χ0n) is 18.9. The highest BCUT2D eigenvalue weighted by molar-refractivity contribution is 5.95. The molecule has 0 unspecified atom stereocenters. The maximum absolute atomic E-state index is 12.6. The summed E-state index contributed by atoms with van der Waals surface area (Å²) in [6, 6.07) is 17.6. The van der Waals surface area contributed by atoms with Crippen molar-refractivity contribution >= 4 is 17.7 Å². The summed E-state index contributed by atoms with van der Waals surface area (Å²) in [4.78, 5) is 25.0. The highest BCUT2D eigenvalue weighted by Gasteiger charge is 2.26. The smallest absolute Gasteiger partial charge is 0.408 e. The molecule has 2 atom stereocenters. The Morgan fingerprint density at radius 3 is 2.36 bits per heavy atom. The lowest BCUT2D eigenvalue weighted by Gasteiger charge is -2.19. The second-order valence-electron chi connectivity index (χ2n) is 8.15. The number of hydrogen-bond donors (Lipinski definition) is 3. The van der Waals surface area contributed by atoms with Gasteiger partial charge in [0.1, 0.15) is 18.1 Å². The van der Waals surface area contributed by atoms with E-state index >= 15 is 0 Å². The van der Waals surface area contributed by atoms with E-state index in [1.807, 2.05) is 44.2 Å². The Morgan fingerprint density at radius 1 is 1.03 bits per heavy atom. The monoisotopic (exact) mass is 451 g/mol. The lowest BCUT2D eigenvalue weighted by atomic mass is 9.99. The number of anilines is 1. The first-order valence-electron chi connectivity index (χ1n) is 10.8. The van der Waals surface area contributed by atoms with Crippen LogP contribution in [0.15, 0.2) is 65.2 Å². The summed E-state index contributed by atoms with van der Waals surface area (Å²) in [6.07, 6.45) is -0.556. The summed E-state index contributed by atoms with van der Waals surface area (Å²) in [5.74, 6) is -0.451. The van der Waals surface area contributed by atoms with Gasteiger partial charge in [-0.3, -0.25) is 4.79 Å². The number of carbonyl (C=O) groups is 2. The molecule has 0 aliphatic heterocycles. The minimum absolute atomic E-state index is 0.0152. The predicted molar refractivity (Wildman–Crippen MR) is 123 cm³/mol. The molecule has 8 nitrogen and oxygen atoms in total. The number of hydrogen-bond acceptors (Lipinski definition) is 6. The third kappa shape index (κ3) is 6.66. The van der Waals surface area contributed by atoms with Crippen LogP contribution in [0, 0.1) is 5.92 Å². The van der Waals surface area contributed by atoms with Crippen LogP contribution in [-0.4, -0.2) is 22.3 Å². The SMILES string of the molecule is CC(C)[C@H](NC(=O)OCc1ccccc1)c1cc([C@@H](C)C(=O)Nc2ccc(CO)cc2)on1. The second kappa shape index (κ2) is 11.3. The minimum atomic E-state index is -0.596. The normalized spacial score (nSPS) is 12.8. The number of nitrogens with zero attached hydrogens (tertiary/aromatic N) is 1. The first-order valence-corrected chi connectivity index (χ1v) is 10.8. The van der Waals surface area contributed by atoms with Crippen LogP contribution in [-0.2, 0) is 22.7 Å². The quantitative estimate of drug-likeness (QED) is 0.440. The van der Waals surface area contributed by atoms with Gasteiger partial charge in [0.05, 0.1) is 18.6 Å². The number of carbonyl (C=O) groups excluding carboxylic acids is 2. The molecule has 3 N–H and O–H groups in total. The zero-order chi connectivity index (χ0) is 23.8. The third-order valence-electron chi connectivity index (χ3n) is 5.24. The topological polar surface area (TPSA) is 114 Å². The van der Waals surface area contributed by atoms with Crippen molar-refractivity contribution in [3.05, 3.63) is 83.2 Å². The van der Waals surface area contributed by atoms with Crippen molar-refractivity contribution in [1.82, 2.24) is 10.5 Å². The largest absolute Gasteiger partial charge is 0.445 e. The average Bonchev–Trinajstić information content (AvgIpc) is 3.31. The molecule has 0 radical (unpaired) electrons. The Balaban J connectivity index is 1.61. The maximum Gasteiger partial charge on any atom is 0.408 e. The highest BCUT2D eigenvalue weighted by atomic mass is 16.5. The number of alkyl carbamates (subject to hydrolysis) is 1. The Labute approximate surface area is 192 Å². The van der Waals surface area contributed by atoms with Gasteiger partial charge in [-0.15, -0.1) is 0 Å². The summed E-state index contributed by atoms with van der Waals surface area (Å²) in [7, 11) is 0. The molecule has 3 aromatic rings. The van der Waals surface area contributed by atoms with Crippen LogP contribution in [0.4, 0.5) is 10.5 Å². The fourth-order valence-electron chi connectivity index (χ4n) is 3.20. The van der Waals surface area contributed by atoms with Gasteiger partial charge in [-0.25, -0.2) is 4.79 Å². The number of aliphatic hydroxyl groups is 1. The summed E-state index contributed by atoms with van der Waals surface area (Å²) in [5.41, 5.74) is 2.79. The molecule has 0 aliphatic rings. The molecule has 2 aromatic carbocycles. The van der Waals surface area contributed by atoms with Gasteiger partial charge in [-0.2, -0.15) is 0 Å². The van der Waals surface area contributed by atoms with E-state index in [2.05, 4.69) is 15.8 Å². The Bertz CT molecular complexity index is 1050.